The standard InChI is InChI=1S/C42H26N2O/c1-6-19-35(44-36-20-7-2-15-30(36)31-16-3-8-21-37(31)44)29(14-1)27-12-11-13-28(26-27)43-38-22-9-4-18-34(38)41-39(43)25-24-33-32-17-5-10-23-40(32)45-42(33)41/h1-26H. The van der Waals surface area contributed by atoms with Gasteiger partial charge in [0.15, 0.2) is 0 Å². The average molecular weight is 575 g/mol. The second-order valence-corrected chi connectivity index (χ2v) is 11.7. The first kappa shape index (κ1) is 24.4. The fourth-order valence-corrected chi connectivity index (χ4v) is 7.42. The van der Waals surface area contributed by atoms with Crippen LogP contribution in [0.5, 0.6) is 0 Å². The van der Waals surface area contributed by atoms with E-state index in [1.165, 1.54) is 44.0 Å². The molecule has 0 aliphatic heterocycles. The summed E-state index contributed by atoms with van der Waals surface area (Å²) in [6.45, 7) is 0. The number of fused-ring (bicyclic) bond motifs is 10. The Balaban J connectivity index is 1.23. The molecule has 0 bridgehead atoms. The molecule has 3 heteroatoms. The Morgan fingerprint density at radius 1 is 0.400 bits per heavy atom. The number of aromatic nitrogens is 2. The van der Waals surface area contributed by atoms with E-state index in [1.54, 1.807) is 0 Å². The molecular weight excluding hydrogens is 548 g/mol. The van der Waals surface area contributed by atoms with Gasteiger partial charge in [0, 0.05) is 38.2 Å². The molecule has 7 aromatic carbocycles. The second-order valence-electron chi connectivity index (χ2n) is 11.7. The van der Waals surface area contributed by atoms with E-state index in [2.05, 4.69) is 161 Å². The zero-order valence-electron chi connectivity index (χ0n) is 24.3. The van der Waals surface area contributed by atoms with Gasteiger partial charge in [0.2, 0.25) is 0 Å². The number of furan rings is 1. The zero-order chi connectivity index (χ0) is 29.5. The largest absolute Gasteiger partial charge is 0.455 e. The van der Waals surface area contributed by atoms with Gasteiger partial charge in [-0.1, -0.05) is 103 Å². The molecule has 0 atom stereocenters. The van der Waals surface area contributed by atoms with Gasteiger partial charge in [-0.2, -0.15) is 0 Å². The normalized spacial score (nSPS) is 12.0. The summed E-state index contributed by atoms with van der Waals surface area (Å²) >= 11 is 0. The summed E-state index contributed by atoms with van der Waals surface area (Å²) in [7, 11) is 0. The second kappa shape index (κ2) is 9.22. The first-order valence-electron chi connectivity index (χ1n) is 15.4. The lowest BCUT2D eigenvalue weighted by molar-refractivity contribution is 0.673. The molecule has 0 aliphatic rings. The fourth-order valence-electron chi connectivity index (χ4n) is 7.42. The summed E-state index contributed by atoms with van der Waals surface area (Å²) in [6.07, 6.45) is 0. The summed E-state index contributed by atoms with van der Waals surface area (Å²) in [6, 6.07) is 56.5. The van der Waals surface area contributed by atoms with Crippen LogP contribution in [0.1, 0.15) is 0 Å². The fraction of sp³-hybridized carbons (Fsp3) is 0. The van der Waals surface area contributed by atoms with Crippen LogP contribution < -0.4 is 0 Å². The number of hydrogen-bond donors (Lipinski definition) is 0. The maximum atomic E-state index is 6.53. The lowest BCUT2D eigenvalue weighted by Gasteiger charge is -2.15. The van der Waals surface area contributed by atoms with E-state index in [-0.39, 0.29) is 0 Å². The molecule has 0 radical (unpaired) electrons. The minimum atomic E-state index is 0.917. The third kappa shape index (κ3) is 3.41. The molecule has 3 heterocycles. The van der Waals surface area contributed by atoms with Crippen LogP contribution in [-0.2, 0) is 0 Å². The number of benzene rings is 7. The van der Waals surface area contributed by atoms with Gasteiger partial charge in [0.25, 0.3) is 0 Å². The highest BCUT2D eigenvalue weighted by atomic mass is 16.3. The van der Waals surface area contributed by atoms with Gasteiger partial charge in [-0.15, -0.1) is 0 Å². The van der Waals surface area contributed by atoms with Gasteiger partial charge >= 0.3 is 0 Å². The maximum absolute atomic E-state index is 6.53. The average Bonchev–Trinajstić information content (AvgIpc) is 3.76. The third-order valence-electron chi connectivity index (χ3n) is 9.32. The number of para-hydroxylation sites is 5. The van der Waals surface area contributed by atoms with Crippen LogP contribution >= 0.6 is 0 Å². The van der Waals surface area contributed by atoms with E-state index in [9.17, 15) is 0 Å². The van der Waals surface area contributed by atoms with Crippen molar-refractivity contribution in [2.45, 2.75) is 0 Å². The lowest BCUT2D eigenvalue weighted by atomic mass is 10.0. The molecule has 3 nitrogen and oxygen atoms in total. The molecule has 3 aromatic heterocycles. The molecule has 0 N–H and O–H groups in total. The van der Waals surface area contributed by atoms with Crippen molar-refractivity contribution in [3.63, 3.8) is 0 Å². The van der Waals surface area contributed by atoms with Crippen LogP contribution in [-0.4, -0.2) is 9.13 Å². The Labute approximate surface area is 258 Å². The SMILES string of the molecule is c1cc(-c2ccccc2-n2c3ccccc3c3ccccc32)cc(-n2c3ccccc3c3c4oc5ccccc5c4ccc32)c1. The Morgan fingerprint density at radius 3 is 1.80 bits per heavy atom. The van der Waals surface area contributed by atoms with Gasteiger partial charge in [0.05, 0.1) is 33.1 Å². The van der Waals surface area contributed by atoms with Crippen molar-refractivity contribution in [1.82, 2.24) is 9.13 Å². The van der Waals surface area contributed by atoms with Crippen LogP contribution in [0, 0.1) is 0 Å². The van der Waals surface area contributed by atoms with Crippen molar-refractivity contribution >= 4 is 65.6 Å². The number of rotatable bonds is 3. The summed E-state index contributed by atoms with van der Waals surface area (Å²) in [5.41, 5.74) is 11.2. The van der Waals surface area contributed by atoms with Gasteiger partial charge in [-0.05, 0) is 60.2 Å². The van der Waals surface area contributed by atoms with Crippen LogP contribution in [0.15, 0.2) is 162 Å². The van der Waals surface area contributed by atoms with E-state index in [0.717, 1.165) is 44.0 Å². The van der Waals surface area contributed by atoms with Gasteiger partial charge < -0.3 is 13.6 Å². The molecule has 10 rings (SSSR count). The van der Waals surface area contributed by atoms with E-state index >= 15 is 0 Å². The molecule has 45 heavy (non-hydrogen) atoms. The van der Waals surface area contributed by atoms with Crippen molar-refractivity contribution < 1.29 is 4.42 Å². The molecule has 0 unspecified atom stereocenters. The molecule has 0 spiro atoms. The summed E-state index contributed by atoms with van der Waals surface area (Å²) in [5.74, 6) is 0. The predicted octanol–water partition coefficient (Wildman–Crippen LogP) is 11.4. The van der Waals surface area contributed by atoms with Crippen LogP contribution in [0.25, 0.3) is 88.1 Å². The Hall–Kier alpha value is -6.06. The van der Waals surface area contributed by atoms with E-state index in [0.29, 0.717) is 0 Å². The Kier molecular flexibility index (Phi) is 5.00. The summed E-state index contributed by atoms with van der Waals surface area (Å²) in [4.78, 5) is 0. The highest BCUT2D eigenvalue weighted by Gasteiger charge is 2.19. The maximum Gasteiger partial charge on any atom is 0.145 e. The van der Waals surface area contributed by atoms with Crippen molar-refractivity contribution in [2.24, 2.45) is 0 Å². The lowest BCUT2D eigenvalue weighted by Crippen LogP contribution is -1.98. The van der Waals surface area contributed by atoms with Gasteiger partial charge in [0.1, 0.15) is 11.2 Å². The van der Waals surface area contributed by atoms with E-state index < -0.39 is 0 Å². The topological polar surface area (TPSA) is 23.0 Å². The summed E-state index contributed by atoms with van der Waals surface area (Å²) in [5, 5.41) is 7.16. The molecule has 0 saturated carbocycles. The van der Waals surface area contributed by atoms with E-state index in [4.69, 9.17) is 4.42 Å². The molecule has 0 aliphatic carbocycles. The first-order valence-corrected chi connectivity index (χ1v) is 15.4. The third-order valence-corrected chi connectivity index (χ3v) is 9.32. The molecule has 0 saturated heterocycles. The monoisotopic (exact) mass is 574 g/mol. The summed E-state index contributed by atoms with van der Waals surface area (Å²) < 4.78 is 11.3. The number of nitrogens with zero attached hydrogens (tertiary/aromatic N) is 2. The first-order chi connectivity index (χ1) is 22.3. The predicted molar refractivity (Wildman–Crippen MR) is 188 cm³/mol. The highest BCUT2D eigenvalue weighted by molar-refractivity contribution is 6.23. The molecule has 210 valence electrons. The van der Waals surface area contributed by atoms with E-state index in [1.807, 2.05) is 6.07 Å². The van der Waals surface area contributed by atoms with Crippen LogP contribution in [0.2, 0.25) is 0 Å². The Morgan fingerprint density at radius 2 is 1.02 bits per heavy atom. The number of hydrogen-bond acceptors (Lipinski definition) is 1. The minimum Gasteiger partial charge on any atom is -0.455 e. The Bertz CT molecular complexity index is 2720. The smallest absolute Gasteiger partial charge is 0.145 e. The zero-order valence-corrected chi connectivity index (χ0v) is 24.3. The quantitative estimate of drug-likeness (QED) is 0.206. The van der Waals surface area contributed by atoms with Gasteiger partial charge in [-0.3, -0.25) is 0 Å². The molecular formula is C42H26N2O. The van der Waals surface area contributed by atoms with Gasteiger partial charge in [-0.25, -0.2) is 0 Å². The van der Waals surface area contributed by atoms with Crippen LogP contribution in [0.3, 0.4) is 0 Å². The molecule has 0 amide bonds. The van der Waals surface area contributed by atoms with Crippen molar-refractivity contribution in [3.05, 3.63) is 158 Å². The highest BCUT2D eigenvalue weighted by Crippen LogP contribution is 2.41. The van der Waals surface area contributed by atoms with Crippen molar-refractivity contribution in [3.8, 4) is 22.5 Å². The van der Waals surface area contributed by atoms with Crippen molar-refractivity contribution in [1.29, 1.82) is 0 Å². The molecule has 0 fully saturated rings. The van der Waals surface area contributed by atoms with Crippen LogP contribution in [0.4, 0.5) is 0 Å². The van der Waals surface area contributed by atoms with Crippen molar-refractivity contribution in [2.75, 3.05) is 0 Å². The molecule has 10 aromatic rings. The minimum absolute atomic E-state index is 0.917.